The van der Waals surface area contributed by atoms with E-state index in [9.17, 15) is 4.79 Å². The Balaban J connectivity index is 2.06. The van der Waals surface area contributed by atoms with E-state index in [4.69, 9.17) is 4.74 Å². The number of ether oxygens (including phenoxy) is 1. The van der Waals surface area contributed by atoms with Crippen molar-refractivity contribution in [3.8, 4) is 0 Å². The molecule has 1 N–H and O–H groups in total. The number of halogens is 1. The molecule has 0 amide bonds. The van der Waals surface area contributed by atoms with Gasteiger partial charge in [-0.25, -0.2) is 0 Å². The van der Waals surface area contributed by atoms with Crippen LogP contribution >= 0.6 is 27.7 Å². The summed E-state index contributed by atoms with van der Waals surface area (Å²) in [6, 6.07) is 7.90. The van der Waals surface area contributed by atoms with Crippen molar-refractivity contribution in [1.82, 2.24) is 5.32 Å². The third-order valence-electron chi connectivity index (χ3n) is 2.42. The molecular weight excluding hydrogens is 290 g/mol. The van der Waals surface area contributed by atoms with Gasteiger partial charge in [0.2, 0.25) is 0 Å². The van der Waals surface area contributed by atoms with Crippen LogP contribution in [0.1, 0.15) is 10.9 Å². The third-order valence-corrected chi connectivity index (χ3v) is 4.18. The van der Waals surface area contributed by atoms with Gasteiger partial charge in [0, 0.05) is 10.2 Å². The van der Waals surface area contributed by atoms with Gasteiger partial charge in [-0.2, -0.15) is 0 Å². The molecule has 1 aromatic rings. The second kappa shape index (κ2) is 5.21. The Morgan fingerprint density at radius 1 is 1.62 bits per heavy atom. The van der Waals surface area contributed by atoms with Gasteiger partial charge in [-0.3, -0.25) is 10.1 Å². The molecule has 0 aromatic heterocycles. The zero-order valence-electron chi connectivity index (χ0n) is 8.77. The SMILES string of the molecule is COC(=O)C1CSC(c2cccc(Br)c2)N1. The summed E-state index contributed by atoms with van der Waals surface area (Å²) in [5, 5.41) is 3.42. The van der Waals surface area contributed by atoms with E-state index < -0.39 is 0 Å². The number of benzene rings is 1. The summed E-state index contributed by atoms with van der Waals surface area (Å²) >= 11 is 5.16. The number of carbonyl (C=O) groups excluding carboxylic acids is 1. The molecule has 1 fully saturated rings. The maximum absolute atomic E-state index is 11.4. The Morgan fingerprint density at radius 2 is 2.44 bits per heavy atom. The topological polar surface area (TPSA) is 38.3 Å². The van der Waals surface area contributed by atoms with Crippen molar-refractivity contribution in [2.75, 3.05) is 12.9 Å². The summed E-state index contributed by atoms with van der Waals surface area (Å²) in [5.41, 5.74) is 1.17. The standard InChI is InChI=1S/C11H12BrNO2S/c1-15-11(14)9-6-16-10(13-9)7-3-2-4-8(12)5-7/h2-5,9-10,13H,6H2,1H3. The highest BCUT2D eigenvalue weighted by molar-refractivity contribution is 9.10. The summed E-state index contributed by atoms with van der Waals surface area (Å²) < 4.78 is 5.77. The molecule has 3 nitrogen and oxygen atoms in total. The van der Waals surface area contributed by atoms with Gasteiger partial charge in [0.05, 0.1) is 12.5 Å². The Morgan fingerprint density at radius 3 is 3.12 bits per heavy atom. The van der Waals surface area contributed by atoms with Gasteiger partial charge >= 0.3 is 5.97 Å². The van der Waals surface area contributed by atoms with E-state index in [1.54, 1.807) is 11.8 Å². The Bertz CT molecular complexity index is 399. The average molecular weight is 302 g/mol. The molecule has 1 saturated heterocycles. The fourth-order valence-corrected chi connectivity index (χ4v) is 3.25. The molecule has 2 unspecified atom stereocenters. The van der Waals surface area contributed by atoms with Crippen LogP contribution in [0.4, 0.5) is 0 Å². The smallest absolute Gasteiger partial charge is 0.323 e. The van der Waals surface area contributed by atoms with Gasteiger partial charge in [0.15, 0.2) is 0 Å². The minimum atomic E-state index is -0.195. The summed E-state index contributed by atoms with van der Waals surface area (Å²) in [6.45, 7) is 0. The zero-order chi connectivity index (χ0) is 11.5. The molecular formula is C11H12BrNO2S. The summed E-state index contributed by atoms with van der Waals surface area (Å²) in [6.07, 6.45) is 0. The molecule has 5 heteroatoms. The van der Waals surface area contributed by atoms with E-state index in [0.29, 0.717) is 0 Å². The largest absolute Gasteiger partial charge is 0.468 e. The zero-order valence-corrected chi connectivity index (χ0v) is 11.2. The summed E-state index contributed by atoms with van der Waals surface area (Å²) in [5.74, 6) is 0.564. The first kappa shape index (κ1) is 12.0. The van der Waals surface area contributed by atoms with Gasteiger partial charge in [-0.15, -0.1) is 11.8 Å². The van der Waals surface area contributed by atoms with Crippen LogP contribution in [0.2, 0.25) is 0 Å². The van der Waals surface area contributed by atoms with Crippen molar-refractivity contribution in [3.63, 3.8) is 0 Å². The molecule has 0 aliphatic carbocycles. The average Bonchev–Trinajstić information content (AvgIpc) is 2.77. The van der Waals surface area contributed by atoms with Crippen LogP contribution in [0, 0.1) is 0 Å². The lowest BCUT2D eigenvalue weighted by Crippen LogP contribution is -2.34. The molecule has 16 heavy (non-hydrogen) atoms. The first-order chi connectivity index (χ1) is 7.70. The molecule has 1 aliphatic heterocycles. The second-order valence-corrected chi connectivity index (χ2v) is 5.56. The Kier molecular flexibility index (Phi) is 3.89. The minimum absolute atomic E-state index is 0.168. The predicted molar refractivity (Wildman–Crippen MR) is 68.3 cm³/mol. The Hall–Kier alpha value is -0.520. The van der Waals surface area contributed by atoms with Crippen LogP contribution < -0.4 is 5.32 Å². The fraction of sp³-hybridized carbons (Fsp3) is 0.364. The molecule has 86 valence electrons. The molecule has 1 heterocycles. The van der Waals surface area contributed by atoms with Crippen LogP contribution in [0.5, 0.6) is 0 Å². The highest BCUT2D eigenvalue weighted by Gasteiger charge is 2.31. The van der Waals surface area contributed by atoms with E-state index in [1.807, 2.05) is 12.1 Å². The molecule has 0 spiro atoms. The van der Waals surface area contributed by atoms with Crippen LogP contribution in [0.25, 0.3) is 0 Å². The van der Waals surface area contributed by atoms with Crippen LogP contribution in [-0.4, -0.2) is 24.9 Å². The van der Waals surface area contributed by atoms with Crippen molar-refractivity contribution in [3.05, 3.63) is 34.3 Å². The van der Waals surface area contributed by atoms with E-state index >= 15 is 0 Å². The maximum atomic E-state index is 11.4. The minimum Gasteiger partial charge on any atom is -0.468 e. The fourth-order valence-electron chi connectivity index (χ4n) is 1.61. The molecule has 1 aliphatic rings. The van der Waals surface area contributed by atoms with E-state index in [1.165, 1.54) is 12.7 Å². The normalized spacial score (nSPS) is 24.4. The predicted octanol–water partition coefficient (Wildman–Crippen LogP) is 2.33. The van der Waals surface area contributed by atoms with Crippen LogP contribution in [0.15, 0.2) is 28.7 Å². The highest BCUT2D eigenvalue weighted by Crippen LogP contribution is 2.33. The van der Waals surface area contributed by atoms with Gasteiger partial charge in [0.1, 0.15) is 6.04 Å². The molecule has 1 aromatic carbocycles. The number of nitrogens with one attached hydrogen (secondary N) is 1. The lowest BCUT2D eigenvalue weighted by Gasteiger charge is -2.12. The molecule has 0 radical (unpaired) electrons. The van der Waals surface area contributed by atoms with Crippen molar-refractivity contribution >= 4 is 33.7 Å². The lowest BCUT2D eigenvalue weighted by molar-refractivity contribution is -0.142. The molecule has 2 atom stereocenters. The maximum Gasteiger partial charge on any atom is 0.323 e. The lowest BCUT2D eigenvalue weighted by atomic mass is 10.2. The highest BCUT2D eigenvalue weighted by atomic mass is 79.9. The van der Waals surface area contributed by atoms with Crippen molar-refractivity contribution in [2.24, 2.45) is 0 Å². The van der Waals surface area contributed by atoms with Gasteiger partial charge in [-0.05, 0) is 17.7 Å². The van der Waals surface area contributed by atoms with Crippen molar-refractivity contribution in [1.29, 1.82) is 0 Å². The van der Waals surface area contributed by atoms with Crippen molar-refractivity contribution in [2.45, 2.75) is 11.4 Å². The first-order valence-electron chi connectivity index (χ1n) is 4.91. The van der Waals surface area contributed by atoms with Crippen LogP contribution in [-0.2, 0) is 9.53 Å². The van der Waals surface area contributed by atoms with Gasteiger partial charge < -0.3 is 4.74 Å². The number of thioether (sulfide) groups is 1. The van der Waals surface area contributed by atoms with E-state index in [2.05, 4.69) is 33.4 Å². The number of esters is 1. The Labute approximate surface area is 107 Å². The number of hydrogen-bond acceptors (Lipinski definition) is 4. The molecule has 0 saturated carbocycles. The van der Waals surface area contributed by atoms with Gasteiger partial charge in [0.25, 0.3) is 0 Å². The number of rotatable bonds is 2. The van der Waals surface area contributed by atoms with Crippen LogP contribution in [0.3, 0.4) is 0 Å². The van der Waals surface area contributed by atoms with Crippen molar-refractivity contribution < 1.29 is 9.53 Å². The number of methoxy groups -OCH3 is 1. The summed E-state index contributed by atoms with van der Waals surface area (Å²) in [7, 11) is 1.42. The number of carbonyl (C=O) groups is 1. The third kappa shape index (κ3) is 2.59. The molecule has 0 bridgehead atoms. The first-order valence-corrected chi connectivity index (χ1v) is 6.76. The summed E-state index contributed by atoms with van der Waals surface area (Å²) in [4.78, 5) is 11.4. The van der Waals surface area contributed by atoms with Gasteiger partial charge in [-0.1, -0.05) is 28.1 Å². The number of hydrogen-bond donors (Lipinski definition) is 1. The van der Waals surface area contributed by atoms with E-state index in [0.717, 1.165) is 10.2 Å². The quantitative estimate of drug-likeness (QED) is 0.851. The van der Waals surface area contributed by atoms with E-state index in [-0.39, 0.29) is 17.4 Å². The molecule has 2 rings (SSSR count). The second-order valence-electron chi connectivity index (χ2n) is 3.51. The monoisotopic (exact) mass is 301 g/mol.